The lowest BCUT2D eigenvalue weighted by Crippen LogP contribution is -2.06. The fourth-order valence-electron chi connectivity index (χ4n) is 3.34. The lowest BCUT2D eigenvalue weighted by molar-refractivity contribution is 0.102. The molecule has 1 aromatic carbocycles. The van der Waals surface area contributed by atoms with Gasteiger partial charge < -0.3 is 4.40 Å². The maximum atomic E-state index is 13.1. The normalized spacial score (nSPS) is 11.2. The van der Waals surface area contributed by atoms with Gasteiger partial charge in [-0.2, -0.15) is 0 Å². The molecule has 3 heterocycles. The minimum Gasteiger partial charge on any atom is -0.313 e. The fraction of sp³-hybridized carbons (Fsp3) is 0.0417. The maximum Gasteiger partial charge on any atom is 0.210 e. The van der Waals surface area contributed by atoms with E-state index in [9.17, 15) is 9.59 Å². The van der Waals surface area contributed by atoms with E-state index in [1.165, 1.54) is 6.08 Å². The van der Waals surface area contributed by atoms with Gasteiger partial charge in [-0.1, -0.05) is 36.4 Å². The first kappa shape index (κ1) is 17.6. The van der Waals surface area contributed by atoms with E-state index < -0.39 is 0 Å². The Labute approximate surface area is 162 Å². The molecule has 0 unspecified atom stereocenters. The summed E-state index contributed by atoms with van der Waals surface area (Å²) < 4.78 is 1.89. The van der Waals surface area contributed by atoms with Gasteiger partial charge in [-0.3, -0.25) is 14.6 Å². The lowest BCUT2D eigenvalue weighted by Gasteiger charge is -2.03. The zero-order valence-electron chi connectivity index (χ0n) is 15.4. The number of hydrogen-bond acceptors (Lipinski definition) is 3. The molecule has 136 valence electrons. The molecule has 0 atom stereocenters. The summed E-state index contributed by atoms with van der Waals surface area (Å²) in [5.74, 6) is -0.170. The van der Waals surface area contributed by atoms with Crippen molar-refractivity contribution in [2.45, 2.75) is 6.92 Å². The molecule has 0 N–H and O–H groups in total. The Balaban J connectivity index is 1.80. The maximum absolute atomic E-state index is 13.1. The first-order valence-corrected chi connectivity index (χ1v) is 8.98. The van der Waals surface area contributed by atoms with Crippen LogP contribution in [0.5, 0.6) is 0 Å². The van der Waals surface area contributed by atoms with Gasteiger partial charge in [0.05, 0.1) is 11.2 Å². The van der Waals surface area contributed by atoms with Gasteiger partial charge in [-0.15, -0.1) is 0 Å². The standard InChI is InChI=1S/C24H18N2O2/c1-17-20(12-13-22(27)19-10-7-14-25-16-19)21-11-5-6-15-26(21)23(17)24(28)18-8-3-2-4-9-18/h2-16H,1H3/b13-12+. The van der Waals surface area contributed by atoms with Crippen LogP contribution in [-0.4, -0.2) is 21.0 Å². The summed E-state index contributed by atoms with van der Waals surface area (Å²) in [4.78, 5) is 29.5. The summed E-state index contributed by atoms with van der Waals surface area (Å²) in [5.41, 5.74) is 4.36. The van der Waals surface area contributed by atoms with E-state index in [2.05, 4.69) is 4.98 Å². The molecule has 4 nitrogen and oxygen atoms in total. The van der Waals surface area contributed by atoms with Crippen LogP contribution in [0.3, 0.4) is 0 Å². The third kappa shape index (κ3) is 3.16. The van der Waals surface area contributed by atoms with Gasteiger partial charge in [0, 0.05) is 35.3 Å². The molecular weight excluding hydrogens is 348 g/mol. The number of allylic oxidation sites excluding steroid dienone is 1. The lowest BCUT2D eigenvalue weighted by atomic mass is 10.0. The Morgan fingerprint density at radius 2 is 1.68 bits per heavy atom. The van der Waals surface area contributed by atoms with Crippen LogP contribution in [0.15, 0.2) is 85.3 Å². The second kappa shape index (κ2) is 7.45. The number of aromatic nitrogens is 2. The minimum atomic E-state index is -0.126. The second-order valence-electron chi connectivity index (χ2n) is 6.48. The number of carbonyl (C=O) groups excluding carboxylic acids is 2. The van der Waals surface area contributed by atoms with Crippen molar-refractivity contribution in [1.29, 1.82) is 0 Å². The third-order valence-electron chi connectivity index (χ3n) is 4.73. The average Bonchev–Trinajstić information content (AvgIpc) is 3.04. The first-order chi connectivity index (χ1) is 13.7. The molecule has 0 fully saturated rings. The molecule has 0 saturated heterocycles. The molecule has 0 aliphatic heterocycles. The molecule has 4 rings (SSSR count). The van der Waals surface area contributed by atoms with Crippen molar-refractivity contribution in [3.63, 3.8) is 0 Å². The van der Waals surface area contributed by atoms with Crippen molar-refractivity contribution in [2.75, 3.05) is 0 Å². The highest BCUT2D eigenvalue weighted by atomic mass is 16.1. The van der Waals surface area contributed by atoms with Crippen LogP contribution in [0, 0.1) is 6.92 Å². The Bertz CT molecular complexity index is 1190. The first-order valence-electron chi connectivity index (χ1n) is 8.98. The van der Waals surface area contributed by atoms with Crippen LogP contribution in [0.4, 0.5) is 0 Å². The highest BCUT2D eigenvalue weighted by molar-refractivity contribution is 6.11. The zero-order chi connectivity index (χ0) is 19.5. The summed E-state index contributed by atoms with van der Waals surface area (Å²) in [6.45, 7) is 1.91. The Kier molecular flexibility index (Phi) is 4.68. The minimum absolute atomic E-state index is 0.0439. The number of nitrogens with zero attached hydrogens (tertiary/aromatic N) is 2. The molecule has 0 spiro atoms. The Morgan fingerprint density at radius 1 is 0.929 bits per heavy atom. The van der Waals surface area contributed by atoms with Crippen molar-refractivity contribution >= 4 is 23.2 Å². The molecule has 0 aliphatic rings. The van der Waals surface area contributed by atoms with E-state index in [4.69, 9.17) is 0 Å². The van der Waals surface area contributed by atoms with Crippen LogP contribution in [0.25, 0.3) is 11.6 Å². The smallest absolute Gasteiger partial charge is 0.210 e. The van der Waals surface area contributed by atoms with E-state index >= 15 is 0 Å². The molecule has 4 aromatic rings. The van der Waals surface area contributed by atoms with Crippen molar-refractivity contribution < 1.29 is 9.59 Å². The molecular formula is C24H18N2O2. The fourth-order valence-corrected chi connectivity index (χ4v) is 3.34. The predicted molar refractivity (Wildman–Crippen MR) is 110 cm³/mol. The summed E-state index contributed by atoms with van der Waals surface area (Å²) in [7, 11) is 0. The monoisotopic (exact) mass is 366 g/mol. The summed E-state index contributed by atoms with van der Waals surface area (Å²) in [6, 6.07) is 18.4. The number of pyridine rings is 2. The quantitative estimate of drug-likeness (QED) is 0.378. The number of carbonyl (C=O) groups is 2. The van der Waals surface area contributed by atoms with Gasteiger partial charge in [-0.25, -0.2) is 0 Å². The number of hydrogen-bond donors (Lipinski definition) is 0. The predicted octanol–water partition coefficient (Wildman–Crippen LogP) is 4.77. The molecule has 3 aromatic heterocycles. The number of benzene rings is 1. The van der Waals surface area contributed by atoms with Gasteiger partial charge >= 0.3 is 0 Å². The van der Waals surface area contributed by atoms with Gasteiger partial charge in [0.2, 0.25) is 5.78 Å². The topological polar surface area (TPSA) is 51.4 Å². The highest BCUT2D eigenvalue weighted by Crippen LogP contribution is 2.26. The van der Waals surface area contributed by atoms with Crippen LogP contribution < -0.4 is 0 Å². The molecule has 0 radical (unpaired) electrons. The highest BCUT2D eigenvalue weighted by Gasteiger charge is 2.20. The van der Waals surface area contributed by atoms with Crippen LogP contribution in [-0.2, 0) is 0 Å². The molecule has 0 bridgehead atoms. The number of rotatable bonds is 5. The van der Waals surface area contributed by atoms with Crippen molar-refractivity contribution in [2.24, 2.45) is 0 Å². The SMILES string of the molecule is Cc1c(/C=C/C(=O)c2cccnc2)c2ccccn2c1C(=O)c1ccccc1. The Hall–Kier alpha value is -3.79. The van der Waals surface area contributed by atoms with Gasteiger partial charge in [0.25, 0.3) is 0 Å². The summed E-state index contributed by atoms with van der Waals surface area (Å²) in [5, 5.41) is 0. The molecule has 0 aliphatic carbocycles. The van der Waals surface area contributed by atoms with Crippen molar-refractivity contribution in [1.82, 2.24) is 9.38 Å². The number of fused-ring (bicyclic) bond motifs is 1. The second-order valence-corrected chi connectivity index (χ2v) is 6.48. The van der Waals surface area contributed by atoms with Crippen LogP contribution >= 0.6 is 0 Å². The molecule has 28 heavy (non-hydrogen) atoms. The number of ketones is 2. The Morgan fingerprint density at radius 3 is 2.43 bits per heavy atom. The van der Waals surface area contributed by atoms with Crippen molar-refractivity contribution in [3.05, 3.63) is 113 Å². The molecule has 0 amide bonds. The van der Waals surface area contributed by atoms with E-state index in [0.29, 0.717) is 16.8 Å². The van der Waals surface area contributed by atoms with E-state index in [1.807, 2.05) is 66.1 Å². The van der Waals surface area contributed by atoms with Gasteiger partial charge in [-0.05, 0) is 48.9 Å². The van der Waals surface area contributed by atoms with Crippen molar-refractivity contribution in [3.8, 4) is 0 Å². The van der Waals surface area contributed by atoms with Crippen LogP contribution in [0.2, 0.25) is 0 Å². The summed E-state index contributed by atoms with van der Waals surface area (Å²) >= 11 is 0. The largest absolute Gasteiger partial charge is 0.313 e. The van der Waals surface area contributed by atoms with Gasteiger partial charge in [0.1, 0.15) is 0 Å². The summed E-state index contributed by atoms with van der Waals surface area (Å²) in [6.07, 6.45) is 8.36. The van der Waals surface area contributed by atoms with E-state index in [0.717, 1.165) is 16.6 Å². The zero-order valence-corrected chi connectivity index (χ0v) is 15.4. The van der Waals surface area contributed by atoms with E-state index in [-0.39, 0.29) is 11.6 Å². The molecule has 0 saturated carbocycles. The molecule has 4 heteroatoms. The van der Waals surface area contributed by atoms with Crippen LogP contribution in [0.1, 0.15) is 37.5 Å². The van der Waals surface area contributed by atoms with Gasteiger partial charge in [0.15, 0.2) is 5.78 Å². The third-order valence-corrected chi connectivity index (χ3v) is 4.73. The average molecular weight is 366 g/mol. The van der Waals surface area contributed by atoms with E-state index in [1.54, 1.807) is 30.6 Å².